The maximum absolute atomic E-state index is 15.4. The molecule has 1 fully saturated rings. The van der Waals surface area contributed by atoms with Gasteiger partial charge in [0.15, 0.2) is 5.54 Å². The normalized spacial score (nSPS) is 21.7. The Kier molecular flexibility index (Phi) is 8.64. The first-order valence-corrected chi connectivity index (χ1v) is 15.5. The van der Waals surface area contributed by atoms with Crippen LogP contribution in [0.3, 0.4) is 0 Å². The number of ether oxygens (including phenoxy) is 3. The third-order valence-corrected chi connectivity index (χ3v) is 9.82. The van der Waals surface area contributed by atoms with Crippen LogP contribution < -0.4 is 18.5 Å². The van der Waals surface area contributed by atoms with Crippen LogP contribution in [0.2, 0.25) is 5.02 Å². The molecule has 5 rings (SSSR count). The van der Waals surface area contributed by atoms with Crippen molar-refractivity contribution in [1.29, 1.82) is 0 Å². The highest BCUT2D eigenvalue weighted by atomic mass is 35.5. The molecule has 0 aromatic heterocycles. The van der Waals surface area contributed by atoms with Crippen molar-refractivity contribution in [2.45, 2.75) is 35.4 Å². The van der Waals surface area contributed by atoms with Crippen LogP contribution in [0.25, 0.3) is 0 Å². The summed E-state index contributed by atoms with van der Waals surface area (Å²) in [6.45, 7) is -0.444. The predicted molar refractivity (Wildman–Crippen MR) is 158 cm³/mol. The maximum atomic E-state index is 15.4. The standard InChI is InChI=1S/C30H28ClF4N3O7S/c1-36(2)27(39)23-14-18(32)16-37(23)29(20-7-5-6-8-24(20)43-3)21-13-17(31)9-11-22(21)38(28(29)40)46(41,42)26-12-10-19(15-25(26)44-4)45-30(33,34)35/h5-13,15,18,23H,14,16H2,1-4H3/t18-,23+,29?/m0/s1. The molecule has 0 spiro atoms. The van der Waals surface area contributed by atoms with Gasteiger partial charge < -0.3 is 19.1 Å². The molecule has 0 N–H and O–H groups in total. The van der Waals surface area contributed by atoms with Crippen molar-refractivity contribution < 1.29 is 49.8 Å². The van der Waals surface area contributed by atoms with Crippen LogP contribution >= 0.6 is 11.6 Å². The van der Waals surface area contributed by atoms with E-state index >= 15 is 9.18 Å². The SMILES string of the molecule is COc1ccccc1C1(N2C[C@@H](F)C[C@@H]2C(=O)N(C)C)C(=O)N(S(=O)(=O)c2ccc(OC(F)(F)F)cc2OC)c2ccc(Cl)cc21. The molecule has 3 aromatic carbocycles. The quantitative estimate of drug-likeness (QED) is 0.314. The number of anilines is 1. The number of para-hydroxylation sites is 1. The lowest BCUT2D eigenvalue weighted by Crippen LogP contribution is -2.59. The van der Waals surface area contributed by atoms with E-state index in [4.69, 9.17) is 21.1 Å². The van der Waals surface area contributed by atoms with Gasteiger partial charge in [-0.25, -0.2) is 17.1 Å². The first kappa shape index (κ1) is 33.3. The van der Waals surface area contributed by atoms with Crippen LogP contribution in [0.5, 0.6) is 17.2 Å². The number of rotatable bonds is 8. The molecular formula is C30H28ClF4N3O7S. The summed E-state index contributed by atoms with van der Waals surface area (Å²) in [5, 5.41) is 0.0998. The van der Waals surface area contributed by atoms with Crippen molar-refractivity contribution in [2.75, 3.05) is 39.2 Å². The minimum absolute atomic E-state index is 0.0136. The van der Waals surface area contributed by atoms with E-state index in [-0.39, 0.29) is 34.0 Å². The molecule has 3 atom stereocenters. The fraction of sp³-hybridized carbons (Fsp3) is 0.333. The second-order valence-electron chi connectivity index (χ2n) is 10.7. The summed E-state index contributed by atoms with van der Waals surface area (Å²) < 4.78 is 98.2. The van der Waals surface area contributed by atoms with Gasteiger partial charge in [-0.15, -0.1) is 13.2 Å². The van der Waals surface area contributed by atoms with E-state index < -0.39 is 68.9 Å². The highest BCUT2D eigenvalue weighted by Crippen LogP contribution is 2.55. The van der Waals surface area contributed by atoms with E-state index in [2.05, 4.69) is 4.74 Å². The van der Waals surface area contributed by atoms with Crippen molar-refractivity contribution >= 4 is 39.1 Å². The van der Waals surface area contributed by atoms with Crippen molar-refractivity contribution in [3.63, 3.8) is 0 Å². The van der Waals surface area contributed by atoms with Gasteiger partial charge in [0.05, 0.1) is 25.9 Å². The zero-order chi connectivity index (χ0) is 33.8. The lowest BCUT2D eigenvalue weighted by molar-refractivity contribution is -0.274. The first-order valence-electron chi connectivity index (χ1n) is 13.7. The van der Waals surface area contributed by atoms with Crippen LogP contribution in [0.1, 0.15) is 17.5 Å². The Morgan fingerprint density at radius 3 is 2.30 bits per heavy atom. The lowest BCUT2D eigenvalue weighted by atomic mass is 9.80. The Bertz CT molecular complexity index is 1810. The second-order valence-corrected chi connectivity index (χ2v) is 12.9. The number of hydrogen-bond acceptors (Lipinski definition) is 8. The highest BCUT2D eigenvalue weighted by molar-refractivity contribution is 7.93. The zero-order valence-electron chi connectivity index (χ0n) is 24.8. The average molecular weight is 686 g/mol. The average Bonchev–Trinajstić information content (AvgIpc) is 3.50. The minimum atomic E-state index is -5.08. The minimum Gasteiger partial charge on any atom is -0.496 e. The number of halogens is 5. The summed E-state index contributed by atoms with van der Waals surface area (Å²) in [5.74, 6) is -2.84. The second kappa shape index (κ2) is 11.9. The summed E-state index contributed by atoms with van der Waals surface area (Å²) in [4.78, 5) is 30.5. The predicted octanol–water partition coefficient (Wildman–Crippen LogP) is 4.74. The fourth-order valence-corrected chi connectivity index (χ4v) is 7.84. The zero-order valence-corrected chi connectivity index (χ0v) is 26.4. The summed E-state index contributed by atoms with van der Waals surface area (Å²) in [6.07, 6.45) is -6.95. The number of likely N-dealkylation sites (tertiary alicyclic amines) is 1. The third kappa shape index (κ3) is 5.39. The van der Waals surface area contributed by atoms with E-state index in [1.807, 2.05) is 0 Å². The monoisotopic (exact) mass is 685 g/mol. The van der Waals surface area contributed by atoms with Gasteiger partial charge in [-0.3, -0.25) is 14.5 Å². The molecule has 0 saturated carbocycles. The van der Waals surface area contributed by atoms with Crippen LogP contribution in [0, 0.1) is 0 Å². The molecule has 2 aliphatic rings. The number of sulfonamides is 1. The number of carbonyl (C=O) groups is 2. The van der Waals surface area contributed by atoms with E-state index in [1.54, 1.807) is 12.1 Å². The number of likely N-dealkylation sites (N-methyl/N-ethyl adjacent to an activating group) is 1. The van der Waals surface area contributed by atoms with Gasteiger partial charge in [-0.1, -0.05) is 29.8 Å². The summed E-state index contributed by atoms with van der Waals surface area (Å²) in [7, 11) is 0.318. The Labute approximate surface area is 267 Å². The van der Waals surface area contributed by atoms with Gasteiger partial charge >= 0.3 is 6.36 Å². The van der Waals surface area contributed by atoms with Gasteiger partial charge in [-0.2, -0.15) is 0 Å². The van der Waals surface area contributed by atoms with Gasteiger partial charge in [0.2, 0.25) is 5.91 Å². The molecule has 2 aliphatic heterocycles. The molecule has 0 bridgehead atoms. The Morgan fingerprint density at radius 1 is 1.00 bits per heavy atom. The first-order chi connectivity index (χ1) is 21.6. The van der Waals surface area contributed by atoms with Crippen LogP contribution in [-0.4, -0.2) is 83.5 Å². The van der Waals surface area contributed by atoms with Gasteiger partial charge in [0.1, 0.15) is 28.3 Å². The van der Waals surface area contributed by atoms with E-state index in [0.717, 1.165) is 25.3 Å². The molecule has 0 radical (unpaired) electrons. The van der Waals surface area contributed by atoms with Gasteiger partial charge in [-0.05, 0) is 36.4 Å². The molecule has 1 saturated heterocycles. The maximum Gasteiger partial charge on any atom is 0.573 e. The van der Waals surface area contributed by atoms with E-state index in [9.17, 15) is 26.4 Å². The van der Waals surface area contributed by atoms with Crippen molar-refractivity contribution in [3.05, 3.63) is 76.8 Å². The highest BCUT2D eigenvalue weighted by Gasteiger charge is 2.64. The number of carbonyl (C=O) groups excluding carboxylic acids is 2. The van der Waals surface area contributed by atoms with Crippen LogP contribution in [0.4, 0.5) is 23.2 Å². The van der Waals surface area contributed by atoms with E-state index in [1.165, 1.54) is 61.3 Å². The summed E-state index contributed by atoms with van der Waals surface area (Å²) >= 11 is 6.44. The van der Waals surface area contributed by atoms with Gasteiger partial charge in [0, 0.05) is 49.3 Å². The molecule has 16 heteroatoms. The number of methoxy groups -OCH3 is 2. The molecular weight excluding hydrogens is 658 g/mol. The third-order valence-electron chi connectivity index (χ3n) is 7.85. The number of hydrogen-bond donors (Lipinski definition) is 0. The number of alkyl halides is 4. The molecule has 2 heterocycles. The van der Waals surface area contributed by atoms with E-state index in [0.29, 0.717) is 4.31 Å². The molecule has 1 unspecified atom stereocenters. The lowest BCUT2D eigenvalue weighted by Gasteiger charge is -2.42. The number of fused-ring (bicyclic) bond motifs is 1. The number of amides is 2. The molecule has 10 nitrogen and oxygen atoms in total. The van der Waals surface area contributed by atoms with Crippen LogP contribution in [-0.2, 0) is 25.2 Å². The molecule has 2 amide bonds. The molecule has 46 heavy (non-hydrogen) atoms. The topological polar surface area (TPSA) is 106 Å². The smallest absolute Gasteiger partial charge is 0.496 e. The van der Waals surface area contributed by atoms with Crippen molar-refractivity contribution in [2.24, 2.45) is 0 Å². The van der Waals surface area contributed by atoms with Crippen molar-refractivity contribution in [1.82, 2.24) is 9.80 Å². The van der Waals surface area contributed by atoms with Crippen LogP contribution in [0.15, 0.2) is 65.6 Å². The largest absolute Gasteiger partial charge is 0.573 e. The van der Waals surface area contributed by atoms with Gasteiger partial charge in [0.25, 0.3) is 15.9 Å². The summed E-state index contributed by atoms with van der Waals surface area (Å²) in [5.41, 5.74) is -2.24. The molecule has 0 aliphatic carbocycles. The Morgan fingerprint density at radius 2 is 1.67 bits per heavy atom. The fourth-order valence-electron chi connectivity index (χ4n) is 6.07. The Hall–Kier alpha value is -4.08. The molecule has 246 valence electrons. The number of nitrogens with zero attached hydrogens (tertiary/aromatic N) is 3. The number of benzene rings is 3. The summed E-state index contributed by atoms with van der Waals surface area (Å²) in [6, 6.07) is 11.3. The Balaban J connectivity index is 1.81. The molecule has 3 aromatic rings. The van der Waals surface area contributed by atoms with Crippen molar-refractivity contribution in [3.8, 4) is 17.2 Å².